The maximum atomic E-state index is 14.5. The van der Waals surface area contributed by atoms with E-state index in [1.807, 2.05) is 0 Å². The van der Waals surface area contributed by atoms with Gasteiger partial charge in [-0.2, -0.15) is 11.8 Å². The van der Waals surface area contributed by atoms with Crippen LogP contribution in [0, 0.1) is 0 Å². The van der Waals surface area contributed by atoms with Gasteiger partial charge in [0.1, 0.15) is 85.1 Å². The molecule has 0 aromatic heterocycles. The van der Waals surface area contributed by atoms with Crippen molar-refractivity contribution in [2.24, 2.45) is 0 Å². The van der Waals surface area contributed by atoms with Gasteiger partial charge in [-0.05, 0) is 115 Å². The number of carbonyl (C=O) groups excluding carboxylic acids is 20. The number of likely N-dealkylation sites (tertiary alicyclic amines) is 12. The molecule has 0 saturated carbocycles. The molecule has 0 aliphatic carbocycles. The number of hydrogen-bond acceptors (Lipinski definition) is 29. The molecule has 13 fully saturated rings. The van der Waals surface area contributed by atoms with Crippen molar-refractivity contribution in [2.45, 2.75) is 256 Å². The fourth-order valence-electron chi connectivity index (χ4n) is 21.2. The Hall–Kier alpha value is -11.1. The standard InChI is InChI=1S/C84H123N21O28S/c1-134-24-16-50(71(120)86-31-65(113)95-19-4-11-53(95)80(129)102-40-46(108)27-60(102)74(123)91-36-69(117)99-23-8-15-57(99)84(133)105-43-49(111)30-63(105)77(126)92-37-70(118)119)93-78(127)52-10-3-18-94(52)64(112)32-87-73(122)59-26-45(107)39-101(59)81(130)55-13-6-21-97(55)67(115)34-89-76(125)62-29-48(110)42-104(62)83(132)56-14-7-22-98(56)68(116)35-90-75(124)61-28-47(109)41-103(61)82(131)54-12-5-20-96(54)66(114)33-88-72(121)58-25-44(106)38-100(58)79(128)51-9-2-17-85-51/h44-63,85,106-111H,2-43H2,1H3,(H,86,120)(H,87,122)(H,88,121)(H,89,125)(H,90,124)(H,91,123)(H,92,126)(H,93,127)(H,118,119)/t44-,45-,46-,47-,48-,49-,50+,51+,52+,53+,54+,55+,56+,57+,58+,59+,60+,61+,62+,63+/m1/s1. The highest BCUT2D eigenvalue weighted by Crippen LogP contribution is 2.34. The highest BCUT2D eigenvalue weighted by Gasteiger charge is 2.53. The molecule has 13 aliphatic rings. The summed E-state index contributed by atoms with van der Waals surface area (Å²) in [6.07, 6.45) is -1.67. The van der Waals surface area contributed by atoms with E-state index < -0.39 is 285 Å². The lowest BCUT2D eigenvalue weighted by molar-refractivity contribution is -0.148. The predicted molar refractivity (Wildman–Crippen MR) is 460 cm³/mol. The predicted octanol–water partition coefficient (Wildman–Crippen LogP) is -12.4. The minimum absolute atomic E-state index is 0.0261. The molecule has 134 heavy (non-hydrogen) atoms. The number of nitrogens with zero attached hydrogens (tertiary/aromatic N) is 12. The molecule has 16 N–H and O–H groups in total. The number of aliphatic hydroxyl groups excluding tert-OH is 6. The van der Waals surface area contributed by atoms with E-state index in [0.717, 1.165) is 30.9 Å². The van der Waals surface area contributed by atoms with Crippen LogP contribution in [0.25, 0.3) is 0 Å². The number of amides is 20. The van der Waals surface area contributed by atoms with E-state index in [-0.39, 0.29) is 168 Å². The Balaban J connectivity index is 0.534. The Bertz CT molecular complexity index is 4530. The van der Waals surface area contributed by atoms with Crippen LogP contribution in [0.5, 0.6) is 0 Å². The van der Waals surface area contributed by atoms with Crippen LogP contribution in [0.2, 0.25) is 0 Å². The molecule has 20 atom stereocenters. The van der Waals surface area contributed by atoms with Crippen molar-refractivity contribution < 1.29 is 136 Å². The zero-order chi connectivity index (χ0) is 96.4. The Kier molecular flexibility index (Phi) is 33.4. The number of nitrogens with one attached hydrogen (secondary N) is 9. The summed E-state index contributed by atoms with van der Waals surface area (Å²) in [5, 5.41) is 96.5. The summed E-state index contributed by atoms with van der Waals surface area (Å²) in [4.78, 5) is 304. The molecule has 13 rings (SSSR count). The van der Waals surface area contributed by atoms with Gasteiger partial charge in [0.15, 0.2) is 0 Å². The number of hydrogen-bond donors (Lipinski definition) is 16. The minimum Gasteiger partial charge on any atom is -0.480 e. The lowest BCUT2D eigenvalue weighted by Gasteiger charge is -2.32. The Morgan fingerprint density at radius 1 is 0.291 bits per heavy atom. The normalized spacial score (nSPS) is 29.7. The maximum Gasteiger partial charge on any atom is 0.322 e. The van der Waals surface area contributed by atoms with Crippen molar-refractivity contribution in [3.63, 3.8) is 0 Å². The average molecular weight is 1910 g/mol. The van der Waals surface area contributed by atoms with Crippen molar-refractivity contribution in [3.8, 4) is 0 Å². The van der Waals surface area contributed by atoms with Gasteiger partial charge in [0.2, 0.25) is 118 Å². The zero-order valence-corrected chi connectivity index (χ0v) is 75.5. The second-order valence-electron chi connectivity index (χ2n) is 36.8. The smallest absolute Gasteiger partial charge is 0.322 e. The van der Waals surface area contributed by atoms with Gasteiger partial charge in [-0.15, -0.1) is 0 Å². The quantitative estimate of drug-likeness (QED) is 0.0297. The van der Waals surface area contributed by atoms with Crippen molar-refractivity contribution in [3.05, 3.63) is 0 Å². The molecule has 49 nitrogen and oxygen atoms in total. The number of rotatable bonds is 32. The van der Waals surface area contributed by atoms with Crippen molar-refractivity contribution in [1.82, 2.24) is 107 Å². The Labute approximate surface area is 774 Å². The largest absolute Gasteiger partial charge is 0.480 e. The summed E-state index contributed by atoms with van der Waals surface area (Å²) in [5.41, 5.74) is 0. The first kappa shape index (κ1) is 100. The highest BCUT2D eigenvalue weighted by molar-refractivity contribution is 7.98. The second-order valence-corrected chi connectivity index (χ2v) is 37.7. The van der Waals surface area contributed by atoms with Crippen LogP contribution in [0.3, 0.4) is 0 Å². The molecule has 13 heterocycles. The highest BCUT2D eigenvalue weighted by atomic mass is 32.2. The van der Waals surface area contributed by atoms with Gasteiger partial charge in [-0.1, -0.05) is 0 Å². The minimum atomic E-state index is -1.33. The molecule has 738 valence electrons. The number of carboxylic acids is 1. The van der Waals surface area contributed by atoms with Crippen LogP contribution in [-0.4, -0.2) is 483 Å². The van der Waals surface area contributed by atoms with Crippen molar-refractivity contribution >= 4 is 136 Å². The summed E-state index contributed by atoms with van der Waals surface area (Å²) in [5.74, 6) is -15.0. The molecule has 0 aromatic carbocycles. The zero-order valence-electron chi connectivity index (χ0n) is 74.7. The molecule has 0 bridgehead atoms. The molecule has 0 radical (unpaired) electrons. The fourth-order valence-corrected chi connectivity index (χ4v) is 21.7. The summed E-state index contributed by atoms with van der Waals surface area (Å²) in [6.45, 7) is -4.90. The SMILES string of the molecule is CSCC[C@H](NC(=O)[C@@H]1CCCN1C(=O)CNC(=O)[C@@H]1C[C@@H](O)CN1C(=O)[C@@H]1CCCN1C(=O)CNC(=O)[C@@H]1C[C@@H](O)CN1C(=O)[C@@H]1CCCN1C(=O)CNC(=O)[C@@H]1C[C@@H](O)CN1C(=O)[C@@H]1CCCN1C(=O)CNC(=O)[C@@H]1C[C@@H](O)CN1C(=O)[C@@H]1CCCN1)C(=O)NCC(=O)N1CCC[C@H]1C(=O)N1C[C@H](O)C[C@H]1C(=O)NCC(=O)N1CCC[C@H]1C(=O)N1C[C@H](O)C[C@H]1C(=O)NCC(=O)O. The Morgan fingerprint density at radius 3 is 0.776 bits per heavy atom. The molecular formula is C84H123N21O28S. The molecule has 0 aromatic rings. The summed E-state index contributed by atoms with van der Waals surface area (Å²) < 4.78 is 0. The average Bonchev–Trinajstić information content (AvgIpc) is 1.65. The first-order chi connectivity index (χ1) is 64.0. The van der Waals surface area contributed by atoms with E-state index in [1.54, 1.807) is 6.26 Å². The van der Waals surface area contributed by atoms with Crippen LogP contribution in [-0.2, 0) is 101 Å². The molecule has 50 heteroatoms. The third-order valence-electron chi connectivity index (χ3n) is 27.9. The van der Waals surface area contributed by atoms with Gasteiger partial charge in [-0.3, -0.25) is 101 Å². The summed E-state index contributed by atoms with van der Waals surface area (Å²) in [7, 11) is 0. The lowest BCUT2D eigenvalue weighted by Crippen LogP contribution is -2.57. The number of carboxylic acid groups (broad SMARTS) is 1. The van der Waals surface area contributed by atoms with Gasteiger partial charge in [0.25, 0.3) is 0 Å². The van der Waals surface area contributed by atoms with Crippen LogP contribution in [0.4, 0.5) is 0 Å². The summed E-state index contributed by atoms with van der Waals surface area (Å²) in [6, 6.07) is -15.9. The van der Waals surface area contributed by atoms with E-state index >= 15 is 0 Å². The van der Waals surface area contributed by atoms with E-state index in [4.69, 9.17) is 5.11 Å². The van der Waals surface area contributed by atoms with Crippen LogP contribution < -0.4 is 47.9 Å². The summed E-state index contributed by atoms with van der Waals surface area (Å²) >= 11 is 1.35. The molecular weight excluding hydrogens is 1780 g/mol. The van der Waals surface area contributed by atoms with Gasteiger partial charge in [0, 0.05) is 117 Å². The monoisotopic (exact) mass is 1910 g/mol. The number of aliphatic carboxylic acids is 1. The van der Waals surface area contributed by atoms with Crippen molar-refractivity contribution in [2.75, 3.05) is 143 Å². The third-order valence-corrected chi connectivity index (χ3v) is 28.5. The molecule has 13 saturated heterocycles. The molecule has 0 spiro atoms. The lowest BCUT2D eigenvalue weighted by atomic mass is 10.1. The molecule has 13 aliphatic heterocycles. The van der Waals surface area contributed by atoms with Crippen LogP contribution in [0.1, 0.15) is 135 Å². The van der Waals surface area contributed by atoms with Crippen LogP contribution >= 0.6 is 11.8 Å². The van der Waals surface area contributed by atoms with E-state index in [2.05, 4.69) is 47.9 Å². The number of aliphatic hydroxyl groups is 6. The van der Waals surface area contributed by atoms with Gasteiger partial charge >= 0.3 is 5.97 Å². The van der Waals surface area contributed by atoms with Gasteiger partial charge in [-0.25, -0.2) is 0 Å². The third kappa shape index (κ3) is 23.0. The topological polar surface area (TPSA) is 647 Å². The first-order valence-corrected chi connectivity index (χ1v) is 47.8. The number of thioether (sulfide) groups is 1. The molecule has 0 unspecified atom stereocenters. The first-order valence-electron chi connectivity index (χ1n) is 46.4. The van der Waals surface area contributed by atoms with Gasteiger partial charge < -0.3 is 142 Å². The second kappa shape index (κ2) is 44.6. The van der Waals surface area contributed by atoms with Gasteiger partial charge in [0.05, 0.1) is 81.9 Å². The fraction of sp³-hybridized carbons (Fsp3) is 0.750. The number of carbonyl (C=O) groups is 21. The van der Waals surface area contributed by atoms with E-state index in [1.165, 1.54) is 46.1 Å². The number of β-amino-alcohol motifs (C(OH)–C–C–N with tert-alkyl or cyclic N) is 6. The van der Waals surface area contributed by atoms with Crippen molar-refractivity contribution in [1.29, 1.82) is 0 Å². The van der Waals surface area contributed by atoms with Crippen LogP contribution in [0.15, 0.2) is 0 Å². The maximum absolute atomic E-state index is 14.5. The Morgan fingerprint density at radius 2 is 0.530 bits per heavy atom. The van der Waals surface area contributed by atoms with E-state index in [0.29, 0.717) is 57.2 Å². The van der Waals surface area contributed by atoms with E-state index in [9.17, 15) is 131 Å². The molecule has 20 amide bonds.